The van der Waals surface area contributed by atoms with E-state index >= 15 is 0 Å². The molecule has 2 aliphatic heterocycles. The lowest BCUT2D eigenvalue weighted by atomic mass is 9.95. The summed E-state index contributed by atoms with van der Waals surface area (Å²) in [5.41, 5.74) is 1.45. The minimum atomic E-state index is -4.84. The fourth-order valence-electron chi connectivity index (χ4n) is 6.18. The molecule has 0 radical (unpaired) electrons. The van der Waals surface area contributed by atoms with E-state index in [4.69, 9.17) is 34.0 Å². The van der Waals surface area contributed by atoms with Crippen molar-refractivity contribution >= 4 is 107 Å². The van der Waals surface area contributed by atoms with Gasteiger partial charge in [0.2, 0.25) is 39.8 Å². The van der Waals surface area contributed by atoms with Crippen LogP contribution >= 0.6 is 26.1 Å². The van der Waals surface area contributed by atoms with E-state index in [0.717, 1.165) is 43.1 Å². The Labute approximate surface area is 743 Å². The number of amides is 6. The molecule has 6 amide bonds. The summed E-state index contributed by atoms with van der Waals surface area (Å²) in [7, 11) is -13.7. The van der Waals surface area contributed by atoms with Crippen molar-refractivity contribution in [3.8, 4) is 6.19 Å². The van der Waals surface area contributed by atoms with Crippen molar-refractivity contribution in [2.75, 3.05) is 58.4 Å². The van der Waals surface area contributed by atoms with Crippen molar-refractivity contribution in [2.45, 2.75) is 347 Å². The van der Waals surface area contributed by atoms with Crippen LogP contribution in [0.1, 0.15) is 285 Å². The number of hydrogen-bond acceptors (Lipinski definition) is 21. The van der Waals surface area contributed by atoms with Crippen molar-refractivity contribution in [3.05, 3.63) is 40.4 Å². The number of likely N-dealkylation sites (tertiary alicyclic amines) is 1. The third-order valence-electron chi connectivity index (χ3n) is 17.2. The first kappa shape index (κ1) is 127. The number of rotatable bonds is 7. The highest BCUT2D eigenvalue weighted by Crippen LogP contribution is 2.51. The smallest absolute Gasteiger partial charge is 0.444 e. The van der Waals surface area contributed by atoms with Gasteiger partial charge in [-0.1, -0.05) is 190 Å². The molecule has 2 aliphatic carbocycles. The molecule has 2 aromatic heterocycles. The molecule has 0 aromatic carbocycles. The second kappa shape index (κ2) is 50.3. The maximum absolute atomic E-state index is 12.7. The van der Waals surface area contributed by atoms with Gasteiger partial charge in [-0.05, 0) is 121 Å². The predicted octanol–water partition coefficient (Wildman–Crippen LogP) is 18.3. The summed E-state index contributed by atoms with van der Waals surface area (Å²) >= 11 is 1.54. The van der Waals surface area contributed by atoms with Crippen LogP contribution in [0.25, 0.3) is 0 Å². The minimum absolute atomic E-state index is 0.00694. The van der Waals surface area contributed by atoms with Gasteiger partial charge in [0, 0.05) is 108 Å². The van der Waals surface area contributed by atoms with Gasteiger partial charge in [-0.3, -0.25) is 38.0 Å². The zero-order chi connectivity index (χ0) is 99.2. The van der Waals surface area contributed by atoms with Gasteiger partial charge in [-0.25, -0.2) is 41.2 Å². The number of carbonyl (C=O) groups excluding carboxylic acids is 6. The Bertz CT molecular complexity index is 4120. The van der Waals surface area contributed by atoms with Gasteiger partial charge in [0.1, 0.15) is 11.4 Å². The summed E-state index contributed by atoms with van der Waals surface area (Å²) in [4.78, 5) is 97.6. The molecule has 4 fully saturated rings. The third kappa shape index (κ3) is 61.2. The molecule has 0 spiro atoms. The molecule has 123 heavy (non-hydrogen) atoms. The van der Waals surface area contributed by atoms with Crippen molar-refractivity contribution in [2.24, 2.45) is 41.7 Å². The minimum Gasteiger partial charge on any atom is -0.444 e. The van der Waals surface area contributed by atoms with Crippen molar-refractivity contribution < 1.29 is 96.5 Å². The first-order valence-corrected chi connectivity index (χ1v) is 52.6. The third-order valence-corrected chi connectivity index (χ3v) is 32.2. The summed E-state index contributed by atoms with van der Waals surface area (Å²) in [6.07, 6.45) is 8.14. The summed E-state index contributed by atoms with van der Waals surface area (Å²) in [6.45, 7) is 71.0. The fraction of sp³-hybridized carbons (Fsp3) is 0.819. The monoisotopic (exact) mass is 1900 g/mol. The highest BCUT2D eigenvalue weighted by atomic mass is 32.2. The van der Waals surface area contributed by atoms with Crippen molar-refractivity contribution in [3.63, 3.8) is 0 Å². The number of hydrogen-bond donors (Lipinski definition) is 7. The molecule has 28 nitrogen and oxygen atoms in total. The lowest BCUT2D eigenvalue weighted by molar-refractivity contribution is -0.239. The van der Waals surface area contributed by atoms with E-state index in [1.54, 1.807) is 107 Å². The molecular weight excluding hydrogens is 1740 g/mol. The van der Waals surface area contributed by atoms with Crippen LogP contribution in [0.5, 0.6) is 0 Å². The molecule has 3 unspecified atom stereocenters. The SMILES string of the molecule is C=S(C)(=N)C(C)(C)C.CC(C)(C)C(=O)N1CCC(F)(F)C1.CC(C)(C)C(=O)NCc1cscn1.CC(C)(C)C(=O)NS(=O)(=O)C1CC1.CC(C)(C)OC(=O)NC1CC1.CC(C)(C)P(=O)(O)O.CC(C)(C)P(C)(C)=O.CC(C)(C)S(C)(=O)=NC#N.CC1COC(C(C)(C)C)OC1.CS(=NC(=O)C(F)(F)F)C(C)(C)C.Cc1ncc(CNC(=O)C(C)(C)C)cn1. The summed E-state index contributed by atoms with van der Waals surface area (Å²) in [6, 6.07) is 0.379. The van der Waals surface area contributed by atoms with Gasteiger partial charge in [0.25, 0.3) is 5.92 Å². The number of nitrogens with zero attached hydrogens (tertiary/aromatic N) is 7. The summed E-state index contributed by atoms with van der Waals surface area (Å²) < 4.78 is 148. The molecule has 7 N–H and O–H groups in total. The summed E-state index contributed by atoms with van der Waals surface area (Å²) in [5, 5.41) is 17.3. The van der Waals surface area contributed by atoms with Crippen molar-refractivity contribution in [1.29, 1.82) is 10.0 Å². The normalized spacial score (nSPS) is 17.7. The van der Waals surface area contributed by atoms with Gasteiger partial charge in [-0.2, -0.15) is 22.8 Å². The Morgan fingerprint density at radius 2 is 1.10 bits per heavy atom. The molecule has 2 aromatic rings. The van der Waals surface area contributed by atoms with Crippen LogP contribution in [0.15, 0.2) is 32.0 Å². The van der Waals surface area contributed by atoms with E-state index in [1.807, 2.05) is 115 Å². The van der Waals surface area contributed by atoms with Crippen LogP contribution < -0.4 is 20.7 Å². The number of halogens is 5. The van der Waals surface area contributed by atoms with E-state index in [-0.39, 0.29) is 80.1 Å². The number of aromatic nitrogens is 3. The van der Waals surface area contributed by atoms with Crippen LogP contribution in [0.4, 0.5) is 26.7 Å². The van der Waals surface area contributed by atoms with Gasteiger partial charge in [0.05, 0.1) is 64.8 Å². The van der Waals surface area contributed by atoms with Crippen molar-refractivity contribution in [1.82, 2.24) is 40.5 Å². The number of alkyl halides is 5. The maximum atomic E-state index is 12.7. The van der Waals surface area contributed by atoms with E-state index in [0.29, 0.717) is 37.9 Å². The molecule has 0 bridgehead atoms. The largest absolute Gasteiger partial charge is 0.474 e. The number of alkyl carbamates (subject to hydrolysis) is 1. The van der Waals surface area contributed by atoms with Crippen LogP contribution in [0.3, 0.4) is 0 Å². The van der Waals surface area contributed by atoms with Gasteiger partial charge in [0.15, 0.2) is 6.29 Å². The number of carbonyl (C=O) groups is 6. The first-order valence-electron chi connectivity index (χ1n) is 40.2. The quantitative estimate of drug-likeness (QED) is 0.0586. The zero-order valence-corrected chi connectivity index (χ0v) is 87.5. The molecule has 6 rings (SSSR count). The number of nitrogens with one attached hydrogen (secondary N) is 5. The number of aryl methyl sites for hydroxylation is 1. The molecule has 3 atom stereocenters. The first-order chi connectivity index (χ1) is 53.9. The maximum Gasteiger partial charge on any atom is 0.474 e. The molecule has 40 heteroatoms. The number of thiazole rings is 1. The second-order valence-electron chi connectivity index (χ2n) is 41.9. The molecular formula is C83H159F5N12O16P2S5. The van der Waals surface area contributed by atoms with Gasteiger partial charge < -0.3 is 49.4 Å². The fourth-order valence-corrected chi connectivity index (χ4v) is 9.28. The topological polar surface area (TPSA) is 418 Å². The van der Waals surface area contributed by atoms with E-state index in [1.165, 1.54) is 49.5 Å². The Morgan fingerprint density at radius 1 is 0.699 bits per heavy atom. The molecule has 4 aliphatic rings. The lowest BCUT2D eigenvalue weighted by Gasteiger charge is -2.35. The highest BCUT2D eigenvalue weighted by Gasteiger charge is 2.44. The highest BCUT2D eigenvalue weighted by molar-refractivity contribution is 8.01. The van der Waals surface area contributed by atoms with Crippen LogP contribution in [0.2, 0.25) is 0 Å². The molecule has 722 valence electrons. The predicted molar refractivity (Wildman–Crippen MR) is 496 cm³/mol. The zero-order valence-electron chi connectivity index (χ0n) is 81.7. The average molecular weight is 1900 g/mol. The number of sulfonamides is 1. The summed E-state index contributed by atoms with van der Waals surface area (Å²) in [5.74, 6) is -0.128. The number of nitriles is 1. The van der Waals surface area contributed by atoms with E-state index < -0.39 is 111 Å². The lowest BCUT2D eigenvalue weighted by Crippen LogP contribution is -2.40. The van der Waals surface area contributed by atoms with Gasteiger partial charge in [-0.15, -0.1) is 25.1 Å². The molecule has 2 saturated heterocycles. The standard InChI is InChI=1S/C11H17N3O.C9H15F2NO.C9H14N2OS.C9H18O2.C8H15NO3S.C8H15NO2.C7H12F3NOS.C6H12N2OS.C6H15NS.C6H15OP.C4H11O3P/c1-8-12-5-9(6-13-8)7-14-10(15)11(2,3)4;1-8(2,3)7(13)12-5-4-9(10,11)6-12;1-9(2,3)8(12)10-4-7-5-13-6-11-7;1-7-5-10-8(11-6-7)9(2,3)4;1-8(2,3)7(10)9-13(11,12)6-4-5-6;1-8(2,3)11-7(10)9-6-4-5-6;1-6(2,3)13(4)11-5(12)7(8,9)10;1-6(2,3)10(4,9)8-5-7;2*1-6(2,3)8(4,5)7;1-4(2,3)8(5,6)7/h5-6H,7H2,1-4H3,(H,14,15);4-6H2,1-3H3;5-6H,4H2,1-3H3,(H,10,12);7-8H,5-6H2,1-4H3;6H,4-5H2,1-3H3,(H,9,10);6H,4-5H2,1-3H3,(H,9,10);1-4H3;1-4H3;7H,4H2,1-3,5H3;1-5H3;1-3H3,(H2,5,6,7). The van der Waals surface area contributed by atoms with E-state index in [9.17, 15) is 72.5 Å². The molecule has 4 heterocycles. The van der Waals surface area contributed by atoms with Crippen LogP contribution in [0, 0.1) is 56.2 Å². The van der Waals surface area contributed by atoms with E-state index in [2.05, 4.69) is 98.7 Å². The number of ether oxygens (including phenoxy) is 3. The second-order valence-corrected chi connectivity index (χ2v) is 59.8. The Balaban J connectivity index is -0.000000417. The van der Waals surface area contributed by atoms with Crippen LogP contribution in [-0.4, -0.2) is 202 Å². The Morgan fingerprint density at radius 3 is 1.36 bits per heavy atom. The molecule has 2 saturated carbocycles. The van der Waals surface area contributed by atoms with Gasteiger partial charge >= 0.3 is 25.8 Å². The average Bonchev–Trinajstić information content (AvgIpc) is 1.73. The Hall–Kier alpha value is -4.96. The van der Waals surface area contributed by atoms with Crippen LogP contribution in [-0.2, 0) is 100 Å². The Kier molecular flexibility index (Phi) is 51.7.